The monoisotopic (exact) mass is 238 g/mol. The normalized spacial score (nSPS) is 34.0. The van der Waals surface area contributed by atoms with Gasteiger partial charge in [-0.1, -0.05) is 13.3 Å². The fraction of sp³-hybridized carbons (Fsp3) is 0.929. The predicted octanol–water partition coefficient (Wildman–Crippen LogP) is 2.31. The first kappa shape index (κ1) is 12.9. The summed E-state index contributed by atoms with van der Waals surface area (Å²) in [5.74, 6) is 0.355. The number of piperidine rings is 1. The van der Waals surface area contributed by atoms with Gasteiger partial charge in [-0.05, 0) is 52.0 Å². The van der Waals surface area contributed by atoms with Gasteiger partial charge in [0.15, 0.2) is 0 Å². The van der Waals surface area contributed by atoms with E-state index in [9.17, 15) is 4.79 Å². The van der Waals surface area contributed by atoms with E-state index in [4.69, 9.17) is 0 Å². The van der Waals surface area contributed by atoms with Gasteiger partial charge in [-0.25, -0.2) is 0 Å². The Morgan fingerprint density at radius 2 is 2.24 bits per heavy atom. The van der Waals surface area contributed by atoms with E-state index in [1.54, 1.807) is 0 Å². The van der Waals surface area contributed by atoms with Crippen LogP contribution >= 0.6 is 0 Å². The summed E-state index contributed by atoms with van der Waals surface area (Å²) < 4.78 is 0. The molecule has 2 unspecified atom stereocenters. The van der Waals surface area contributed by atoms with Crippen LogP contribution in [0.15, 0.2) is 0 Å². The quantitative estimate of drug-likeness (QED) is 0.818. The lowest BCUT2D eigenvalue weighted by atomic mass is 9.92. The third kappa shape index (κ3) is 2.65. The first-order valence-corrected chi connectivity index (χ1v) is 7.23. The third-order valence-corrected chi connectivity index (χ3v) is 4.35. The maximum atomic E-state index is 12.7. The van der Waals surface area contributed by atoms with E-state index in [0.717, 1.165) is 25.9 Å². The van der Waals surface area contributed by atoms with Crippen LogP contribution in [0, 0.1) is 0 Å². The van der Waals surface area contributed by atoms with Crippen molar-refractivity contribution in [3.05, 3.63) is 0 Å². The van der Waals surface area contributed by atoms with E-state index in [-0.39, 0.29) is 5.54 Å². The van der Waals surface area contributed by atoms with E-state index >= 15 is 0 Å². The van der Waals surface area contributed by atoms with Gasteiger partial charge in [0.25, 0.3) is 0 Å². The summed E-state index contributed by atoms with van der Waals surface area (Å²) in [6.07, 6.45) is 8.16. The highest BCUT2D eigenvalue weighted by molar-refractivity contribution is 5.86. The molecule has 2 aliphatic rings. The molecule has 0 aromatic carbocycles. The molecule has 17 heavy (non-hydrogen) atoms. The molecule has 3 nitrogen and oxygen atoms in total. The molecule has 0 aromatic heterocycles. The van der Waals surface area contributed by atoms with Gasteiger partial charge in [0.05, 0.1) is 5.54 Å². The predicted molar refractivity (Wildman–Crippen MR) is 69.9 cm³/mol. The molecule has 1 N–H and O–H groups in total. The van der Waals surface area contributed by atoms with Crippen LogP contribution in [0.25, 0.3) is 0 Å². The Morgan fingerprint density at radius 1 is 1.41 bits per heavy atom. The number of carbonyl (C=O) groups excluding carboxylic acids is 1. The molecule has 1 amide bonds. The van der Waals surface area contributed by atoms with Crippen molar-refractivity contribution in [2.75, 3.05) is 13.1 Å². The van der Waals surface area contributed by atoms with Crippen molar-refractivity contribution in [3.8, 4) is 0 Å². The van der Waals surface area contributed by atoms with Crippen LogP contribution in [0.5, 0.6) is 0 Å². The molecule has 2 saturated heterocycles. The van der Waals surface area contributed by atoms with Crippen LogP contribution in [0.4, 0.5) is 0 Å². The van der Waals surface area contributed by atoms with Crippen molar-refractivity contribution in [2.45, 2.75) is 70.4 Å². The summed E-state index contributed by atoms with van der Waals surface area (Å²) in [7, 11) is 0. The number of likely N-dealkylation sites (tertiary alicyclic amines) is 1. The van der Waals surface area contributed by atoms with Crippen LogP contribution in [-0.2, 0) is 4.79 Å². The van der Waals surface area contributed by atoms with Gasteiger partial charge < -0.3 is 10.2 Å². The molecule has 0 aromatic rings. The molecule has 0 radical (unpaired) electrons. The highest BCUT2D eigenvalue weighted by Crippen LogP contribution is 2.27. The zero-order chi connectivity index (χ0) is 12.3. The average molecular weight is 238 g/mol. The van der Waals surface area contributed by atoms with Crippen LogP contribution in [0.2, 0.25) is 0 Å². The zero-order valence-corrected chi connectivity index (χ0v) is 11.3. The highest BCUT2D eigenvalue weighted by atomic mass is 16.2. The SMILES string of the molecule is CCCC1CCCCN1C(=O)C1(C)CCCN1. The second-order valence-electron chi connectivity index (χ2n) is 5.80. The molecule has 2 fully saturated rings. The molecule has 3 heteroatoms. The summed E-state index contributed by atoms with van der Waals surface area (Å²) in [5, 5.41) is 3.40. The topological polar surface area (TPSA) is 32.3 Å². The van der Waals surface area contributed by atoms with Crippen LogP contribution in [0.1, 0.15) is 58.8 Å². The fourth-order valence-corrected chi connectivity index (χ4v) is 3.30. The van der Waals surface area contributed by atoms with Crippen LogP contribution < -0.4 is 5.32 Å². The Labute approximate surface area is 105 Å². The van der Waals surface area contributed by atoms with E-state index in [2.05, 4.69) is 24.1 Å². The Balaban J connectivity index is 2.05. The minimum absolute atomic E-state index is 0.274. The molecular formula is C14H26N2O. The molecule has 2 atom stereocenters. The number of amides is 1. The summed E-state index contributed by atoms with van der Waals surface area (Å²) in [5.41, 5.74) is -0.274. The van der Waals surface area contributed by atoms with Gasteiger partial charge in [-0.2, -0.15) is 0 Å². The number of nitrogens with one attached hydrogen (secondary N) is 1. The Hall–Kier alpha value is -0.570. The third-order valence-electron chi connectivity index (χ3n) is 4.35. The number of hydrogen-bond donors (Lipinski definition) is 1. The first-order chi connectivity index (χ1) is 8.17. The van der Waals surface area contributed by atoms with Crippen LogP contribution in [0.3, 0.4) is 0 Å². The lowest BCUT2D eigenvalue weighted by Crippen LogP contribution is -2.56. The van der Waals surface area contributed by atoms with Gasteiger partial charge >= 0.3 is 0 Å². The van der Waals surface area contributed by atoms with Gasteiger partial charge in [-0.15, -0.1) is 0 Å². The van der Waals surface area contributed by atoms with Crippen LogP contribution in [-0.4, -0.2) is 35.5 Å². The minimum Gasteiger partial charge on any atom is -0.338 e. The number of rotatable bonds is 3. The van der Waals surface area contributed by atoms with E-state index in [1.807, 2.05) is 0 Å². The molecule has 2 heterocycles. The Bertz CT molecular complexity index is 269. The molecule has 2 aliphatic heterocycles. The van der Waals surface area contributed by atoms with E-state index in [0.29, 0.717) is 11.9 Å². The second kappa shape index (κ2) is 5.38. The summed E-state index contributed by atoms with van der Waals surface area (Å²) in [6, 6.07) is 0.500. The van der Waals surface area contributed by atoms with Crippen molar-refractivity contribution in [1.82, 2.24) is 10.2 Å². The smallest absolute Gasteiger partial charge is 0.242 e. The van der Waals surface area contributed by atoms with Crippen molar-refractivity contribution in [3.63, 3.8) is 0 Å². The number of carbonyl (C=O) groups is 1. The molecule has 0 spiro atoms. The van der Waals surface area contributed by atoms with Gasteiger partial charge in [-0.3, -0.25) is 4.79 Å². The fourth-order valence-electron chi connectivity index (χ4n) is 3.30. The molecule has 0 aliphatic carbocycles. The van der Waals surface area contributed by atoms with Crippen molar-refractivity contribution in [1.29, 1.82) is 0 Å². The van der Waals surface area contributed by atoms with Gasteiger partial charge in [0.2, 0.25) is 5.91 Å². The summed E-state index contributed by atoms with van der Waals surface area (Å²) >= 11 is 0. The second-order valence-corrected chi connectivity index (χ2v) is 5.80. The summed E-state index contributed by atoms with van der Waals surface area (Å²) in [4.78, 5) is 14.8. The highest BCUT2D eigenvalue weighted by Gasteiger charge is 2.41. The molecule has 0 saturated carbocycles. The van der Waals surface area contributed by atoms with Gasteiger partial charge in [0.1, 0.15) is 0 Å². The first-order valence-electron chi connectivity index (χ1n) is 7.23. The summed E-state index contributed by atoms with van der Waals surface area (Å²) in [6.45, 7) is 6.27. The standard InChI is InChI=1S/C14H26N2O/c1-3-7-12-8-4-5-11-16(12)13(17)14(2)9-6-10-15-14/h12,15H,3-11H2,1-2H3. The molecule has 2 rings (SSSR count). The van der Waals surface area contributed by atoms with Gasteiger partial charge in [0, 0.05) is 12.6 Å². The molecular weight excluding hydrogens is 212 g/mol. The maximum absolute atomic E-state index is 12.7. The average Bonchev–Trinajstić information content (AvgIpc) is 2.78. The molecule has 98 valence electrons. The number of nitrogens with zero attached hydrogens (tertiary/aromatic N) is 1. The van der Waals surface area contributed by atoms with Crippen molar-refractivity contribution < 1.29 is 4.79 Å². The van der Waals surface area contributed by atoms with E-state index in [1.165, 1.54) is 32.1 Å². The lowest BCUT2D eigenvalue weighted by Gasteiger charge is -2.40. The van der Waals surface area contributed by atoms with Crippen molar-refractivity contribution >= 4 is 5.91 Å². The van der Waals surface area contributed by atoms with Crippen molar-refractivity contribution in [2.24, 2.45) is 0 Å². The Kier molecular flexibility index (Phi) is 4.08. The largest absolute Gasteiger partial charge is 0.338 e. The molecule has 0 bridgehead atoms. The Morgan fingerprint density at radius 3 is 2.88 bits per heavy atom. The number of hydrogen-bond acceptors (Lipinski definition) is 2. The lowest BCUT2D eigenvalue weighted by molar-refractivity contribution is -0.141. The zero-order valence-electron chi connectivity index (χ0n) is 11.3. The van der Waals surface area contributed by atoms with E-state index < -0.39 is 0 Å². The maximum Gasteiger partial charge on any atom is 0.242 e. The minimum atomic E-state index is -0.274.